The van der Waals surface area contributed by atoms with Gasteiger partial charge in [0.25, 0.3) is 0 Å². The van der Waals surface area contributed by atoms with E-state index in [0.29, 0.717) is 6.54 Å². The van der Waals surface area contributed by atoms with Crippen LogP contribution in [0.1, 0.15) is 29.9 Å². The SMILES string of the molecule is CCNC(=NCc1cc2c(cc1OC)CC(C)O2)NCc1cccs1. The van der Waals surface area contributed by atoms with Crippen LogP contribution in [0, 0.1) is 0 Å². The monoisotopic (exact) mass is 359 g/mol. The van der Waals surface area contributed by atoms with Crippen molar-refractivity contribution in [2.75, 3.05) is 13.7 Å². The van der Waals surface area contributed by atoms with Crippen molar-refractivity contribution in [3.63, 3.8) is 0 Å². The van der Waals surface area contributed by atoms with Gasteiger partial charge in [0.15, 0.2) is 5.96 Å². The number of rotatable bonds is 6. The summed E-state index contributed by atoms with van der Waals surface area (Å²) in [4.78, 5) is 5.98. The van der Waals surface area contributed by atoms with Crippen LogP contribution in [-0.4, -0.2) is 25.7 Å². The number of nitrogens with one attached hydrogen (secondary N) is 2. The first-order valence-corrected chi connectivity index (χ1v) is 9.48. The number of benzene rings is 1. The maximum atomic E-state index is 5.86. The van der Waals surface area contributed by atoms with Gasteiger partial charge in [-0.15, -0.1) is 11.3 Å². The van der Waals surface area contributed by atoms with Crippen molar-refractivity contribution in [2.24, 2.45) is 4.99 Å². The molecule has 2 aromatic rings. The lowest BCUT2D eigenvalue weighted by atomic mass is 10.1. The first-order valence-electron chi connectivity index (χ1n) is 8.60. The molecule has 0 saturated carbocycles. The summed E-state index contributed by atoms with van der Waals surface area (Å²) in [6, 6.07) is 8.31. The Bertz CT molecular complexity index is 729. The van der Waals surface area contributed by atoms with E-state index in [1.54, 1.807) is 18.4 Å². The van der Waals surface area contributed by atoms with E-state index >= 15 is 0 Å². The van der Waals surface area contributed by atoms with Crippen molar-refractivity contribution in [3.8, 4) is 11.5 Å². The van der Waals surface area contributed by atoms with E-state index in [9.17, 15) is 0 Å². The molecule has 0 spiro atoms. The average Bonchev–Trinajstić information content (AvgIpc) is 3.24. The molecule has 0 saturated heterocycles. The summed E-state index contributed by atoms with van der Waals surface area (Å²) in [7, 11) is 1.70. The number of methoxy groups -OCH3 is 1. The van der Waals surface area contributed by atoms with Gasteiger partial charge in [0.05, 0.1) is 20.2 Å². The molecule has 25 heavy (non-hydrogen) atoms. The second-order valence-electron chi connectivity index (χ2n) is 6.03. The second kappa shape index (κ2) is 8.25. The molecule has 134 valence electrons. The average molecular weight is 359 g/mol. The van der Waals surface area contributed by atoms with E-state index in [0.717, 1.165) is 42.5 Å². The van der Waals surface area contributed by atoms with Gasteiger partial charge in [-0.1, -0.05) is 6.07 Å². The molecular weight excluding hydrogens is 334 g/mol. The summed E-state index contributed by atoms with van der Waals surface area (Å²) in [5.41, 5.74) is 2.24. The normalized spacial score (nSPS) is 16.3. The molecule has 2 heterocycles. The highest BCUT2D eigenvalue weighted by Crippen LogP contribution is 2.35. The van der Waals surface area contributed by atoms with E-state index in [4.69, 9.17) is 14.5 Å². The predicted octanol–water partition coefficient (Wildman–Crippen LogP) is 3.34. The Kier molecular flexibility index (Phi) is 5.81. The molecule has 0 bridgehead atoms. The van der Waals surface area contributed by atoms with Crippen molar-refractivity contribution in [1.82, 2.24) is 10.6 Å². The first kappa shape index (κ1) is 17.6. The molecule has 0 fully saturated rings. The molecule has 1 atom stereocenters. The minimum atomic E-state index is 0.225. The Morgan fingerprint density at radius 2 is 2.28 bits per heavy atom. The quantitative estimate of drug-likeness (QED) is 0.614. The number of thiophene rings is 1. The van der Waals surface area contributed by atoms with Gasteiger partial charge in [0.1, 0.15) is 17.6 Å². The fourth-order valence-electron chi connectivity index (χ4n) is 2.89. The van der Waals surface area contributed by atoms with Crippen LogP contribution in [0.3, 0.4) is 0 Å². The molecule has 0 aliphatic carbocycles. The molecule has 0 amide bonds. The van der Waals surface area contributed by atoms with Crippen LogP contribution >= 0.6 is 11.3 Å². The summed E-state index contributed by atoms with van der Waals surface area (Å²) in [5, 5.41) is 8.73. The molecule has 1 aromatic heterocycles. The summed E-state index contributed by atoms with van der Waals surface area (Å²) < 4.78 is 11.4. The minimum absolute atomic E-state index is 0.225. The van der Waals surface area contributed by atoms with Crippen LogP contribution in [0.2, 0.25) is 0 Å². The zero-order valence-corrected chi connectivity index (χ0v) is 15.8. The molecular formula is C19H25N3O2S. The van der Waals surface area contributed by atoms with E-state index in [-0.39, 0.29) is 6.10 Å². The number of hydrogen-bond donors (Lipinski definition) is 2. The van der Waals surface area contributed by atoms with Crippen molar-refractivity contribution in [3.05, 3.63) is 45.6 Å². The molecule has 1 aliphatic heterocycles. The van der Waals surface area contributed by atoms with Gasteiger partial charge >= 0.3 is 0 Å². The van der Waals surface area contributed by atoms with Crippen LogP contribution in [0.25, 0.3) is 0 Å². The number of fused-ring (bicyclic) bond motifs is 1. The third-order valence-corrected chi connectivity index (χ3v) is 4.94. The Morgan fingerprint density at radius 3 is 3.00 bits per heavy atom. The van der Waals surface area contributed by atoms with Crippen molar-refractivity contribution < 1.29 is 9.47 Å². The van der Waals surface area contributed by atoms with Crippen LogP contribution in [0.15, 0.2) is 34.6 Å². The van der Waals surface area contributed by atoms with E-state index in [1.807, 2.05) is 0 Å². The van der Waals surface area contributed by atoms with Gasteiger partial charge in [-0.05, 0) is 37.4 Å². The maximum absolute atomic E-state index is 5.86. The Balaban J connectivity index is 1.72. The number of aliphatic imine (C=N–C) groups is 1. The fourth-order valence-corrected chi connectivity index (χ4v) is 3.53. The van der Waals surface area contributed by atoms with Crippen molar-refractivity contribution >= 4 is 17.3 Å². The molecule has 0 radical (unpaired) electrons. The smallest absolute Gasteiger partial charge is 0.191 e. The second-order valence-corrected chi connectivity index (χ2v) is 7.06. The predicted molar refractivity (Wildman–Crippen MR) is 103 cm³/mol. The van der Waals surface area contributed by atoms with Gasteiger partial charge in [-0.25, -0.2) is 4.99 Å². The lowest BCUT2D eigenvalue weighted by molar-refractivity contribution is 0.254. The number of guanidine groups is 1. The van der Waals surface area contributed by atoms with Crippen molar-refractivity contribution in [2.45, 2.75) is 39.5 Å². The Hall–Kier alpha value is -2.21. The molecule has 1 unspecified atom stereocenters. The van der Waals surface area contributed by atoms with Crippen molar-refractivity contribution in [1.29, 1.82) is 0 Å². The summed E-state index contributed by atoms with van der Waals surface area (Å²) in [5.74, 6) is 2.62. The third kappa shape index (κ3) is 4.45. The third-order valence-electron chi connectivity index (χ3n) is 4.06. The fraction of sp³-hybridized carbons (Fsp3) is 0.421. The lowest BCUT2D eigenvalue weighted by Crippen LogP contribution is -2.36. The molecule has 1 aliphatic rings. The van der Waals surface area contributed by atoms with Gasteiger partial charge in [-0.3, -0.25) is 0 Å². The molecule has 2 N–H and O–H groups in total. The highest BCUT2D eigenvalue weighted by molar-refractivity contribution is 7.09. The molecule has 3 rings (SSSR count). The minimum Gasteiger partial charge on any atom is -0.496 e. The summed E-state index contributed by atoms with van der Waals surface area (Å²) in [6.07, 6.45) is 1.16. The summed E-state index contributed by atoms with van der Waals surface area (Å²) >= 11 is 1.74. The topological polar surface area (TPSA) is 54.9 Å². The van der Waals surface area contributed by atoms with Crippen LogP contribution in [0.5, 0.6) is 11.5 Å². The number of ether oxygens (including phenoxy) is 2. The zero-order chi connectivity index (χ0) is 17.6. The van der Waals surface area contributed by atoms with Gasteiger partial charge in [0, 0.05) is 29.0 Å². The van der Waals surface area contributed by atoms with Crippen LogP contribution in [-0.2, 0) is 19.5 Å². The van der Waals surface area contributed by atoms with E-state index < -0.39 is 0 Å². The summed E-state index contributed by atoms with van der Waals surface area (Å²) in [6.45, 7) is 6.27. The first-order chi connectivity index (χ1) is 12.2. The highest BCUT2D eigenvalue weighted by Gasteiger charge is 2.21. The zero-order valence-electron chi connectivity index (χ0n) is 15.0. The maximum Gasteiger partial charge on any atom is 0.191 e. The molecule has 1 aromatic carbocycles. The lowest BCUT2D eigenvalue weighted by Gasteiger charge is -2.12. The van der Waals surface area contributed by atoms with Gasteiger partial charge in [-0.2, -0.15) is 0 Å². The Morgan fingerprint density at radius 1 is 1.40 bits per heavy atom. The van der Waals surface area contributed by atoms with E-state index in [1.165, 1.54) is 10.4 Å². The number of hydrogen-bond acceptors (Lipinski definition) is 4. The standard InChI is InChI=1S/C19H25N3O2S/c1-4-20-19(22-12-16-6-5-7-25-16)21-11-15-10-18-14(8-13(2)24-18)9-17(15)23-3/h5-7,9-10,13H,4,8,11-12H2,1-3H3,(H2,20,21,22). The van der Waals surface area contributed by atoms with E-state index in [2.05, 4.69) is 54.1 Å². The Labute approximate surface area is 153 Å². The highest BCUT2D eigenvalue weighted by atomic mass is 32.1. The van der Waals surface area contributed by atoms with Gasteiger partial charge < -0.3 is 20.1 Å². The van der Waals surface area contributed by atoms with Gasteiger partial charge in [0.2, 0.25) is 0 Å². The molecule has 5 nitrogen and oxygen atoms in total. The van der Waals surface area contributed by atoms with Crippen LogP contribution < -0.4 is 20.1 Å². The number of nitrogens with zero attached hydrogens (tertiary/aromatic N) is 1. The molecule has 6 heteroatoms. The van der Waals surface area contributed by atoms with Crippen LogP contribution in [0.4, 0.5) is 0 Å². The largest absolute Gasteiger partial charge is 0.496 e.